The second kappa shape index (κ2) is 7.23. The van der Waals surface area contributed by atoms with E-state index < -0.39 is 0 Å². The van der Waals surface area contributed by atoms with Crippen molar-refractivity contribution in [1.29, 1.82) is 0 Å². The van der Waals surface area contributed by atoms with E-state index in [1.54, 1.807) is 6.07 Å². The molecule has 4 rings (SSSR count). The molecule has 5 nitrogen and oxygen atoms in total. The number of hydrogen-bond acceptors (Lipinski definition) is 4. The van der Waals surface area contributed by atoms with E-state index in [1.165, 1.54) is 18.2 Å². The summed E-state index contributed by atoms with van der Waals surface area (Å²) < 4.78 is 4.82. The van der Waals surface area contributed by atoms with E-state index in [1.807, 2.05) is 4.90 Å². The third kappa shape index (κ3) is 3.40. The number of carbonyl (C=O) groups excluding carboxylic acids is 1. The molecule has 0 radical (unpaired) electrons. The fourth-order valence-electron chi connectivity index (χ4n) is 4.72. The maximum atomic E-state index is 12.5. The molecule has 26 heavy (non-hydrogen) atoms. The van der Waals surface area contributed by atoms with Gasteiger partial charge in [-0.15, -0.1) is 0 Å². The Labute approximate surface area is 155 Å². The number of likely N-dealkylation sites (tertiary alicyclic amines) is 2. The number of carbonyl (C=O) groups is 1. The van der Waals surface area contributed by atoms with Crippen LogP contribution in [0.4, 0.5) is 0 Å². The Bertz CT molecular complexity index is 721. The normalized spacial score (nSPS) is 23.3. The van der Waals surface area contributed by atoms with Gasteiger partial charge in [-0.05, 0) is 42.7 Å². The molecule has 1 amide bonds. The maximum absolute atomic E-state index is 12.5. The van der Waals surface area contributed by atoms with Gasteiger partial charge in [-0.2, -0.15) is 0 Å². The summed E-state index contributed by atoms with van der Waals surface area (Å²) in [5.41, 5.74) is 2.18. The Kier molecular flexibility index (Phi) is 4.81. The Morgan fingerprint density at radius 3 is 2.65 bits per heavy atom. The number of hydrogen-bond donors (Lipinski definition) is 0. The molecule has 0 N–H and O–H groups in total. The summed E-state index contributed by atoms with van der Waals surface area (Å²) in [7, 11) is 0. The van der Waals surface area contributed by atoms with Crippen molar-refractivity contribution in [1.82, 2.24) is 15.0 Å². The van der Waals surface area contributed by atoms with Gasteiger partial charge in [-0.25, -0.2) is 0 Å². The average Bonchev–Trinajstić information content (AvgIpc) is 3.23. The quantitative estimate of drug-likeness (QED) is 0.848. The van der Waals surface area contributed by atoms with E-state index in [0.29, 0.717) is 17.0 Å². The van der Waals surface area contributed by atoms with Gasteiger partial charge in [-0.3, -0.25) is 4.79 Å². The van der Waals surface area contributed by atoms with Crippen molar-refractivity contribution >= 4 is 5.91 Å². The SMILES string of the molecule is CCN1C[C@H](c2ccccc2)CC2(CCN(C(=O)c3ccon3)CC2)C1. The summed E-state index contributed by atoms with van der Waals surface area (Å²) in [4.78, 5) is 17.1. The van der Waals surface area contributed by atoms with Gasteiger partial charge in [0.05, 0.1) is 0 Å². The highest BCUT2D eigenvalue weighted by atomic mass is 16.5. The first-order valence-corrected chi connectivity index (χ1v) is 9.66. The molecule has 2 saturated heterocycles. The Hall–Kier alpha value is -2.14. The molecule has 0 bridgehead atoms. The zero-order chi connectivity index (χ0) is 18.0. The van der Waals surface area contributed by atoms with E-state index in [2.05, 4.69) is 47.3 Å². The number of likely N-dealkylation sites (N-methyl/N-ethyl adjacent to an activating group) is 1. The molecule has 2 aliphatic rings. The van der Waals surface area contributed by atoms with Crippen LogP contribution < -0.4 is 0 Å². The van der Waals surface area contributed by atoms with Crippen LogP contribution in [-0.2, 0) is 0 Å². The highest BCUT2D eigenvalue weighted by Crippen LogP contribution is 2.45. The Morgan fingerprint density at radius 1 is 1.23 bits per heavy atom. The summed E-state index contributed by atoms with van der Waals surface area (Å²) in [6, 6.07) is 12.6. The lowest BCUT2D eigenvalue weighted by Crippen LogP contribution is -2.52. The topological polar surface area (TPSA) is 49.6 Å². The fraction of sp³-hybridized carbons (Fsp3) is 0.524. The molecular weight excluding hydrogens is 326 g/mol. The molecule has 1 aromatic carbocycles. The number of amides is 1. The summed E-state index contributed by atoms with van der Waals surface area (Å²) in [5.74, 6) is 0.582. The van der Waals surface area contributed by atoms with E-state index in [0.717, 1.165) is 45.6 Å². The lowest BCUT2D eigenvalue weighted by Gasteiger charge is -2.50. The average molecular weight is 353 g/mol. The minimum absolute atomic E-state index is 0.00336. The molecule has 2 aromatic rings. The number of rotatable bonds is 3. The van der Waals surface area contributed by atoms with Gasteiger partial charge in [0, 0.05) is 32.2 Å². The number of nitrogens with zero attached hydrogens (tertiary/aromatic N) is 3. The molecular formula is C21H27N3O2. The number of piperidine rings is 2. The molecule has 5 heteroatoms. The summed E-state index contributed by atoms with van der Waals surface area (Å²) in [6.07, 6.45) is 4.82. The number of aromatic nitrogens is 1. The van der Waals surface area contributed by atoms with E-state index in [-0.39, 0.29) is 5.91 Å². The minimum atomic E-state index is -0.00336. The van der Waals surface area contributed by atoms with Crippen molar-refractivity contribution < 1.29 is 9.32 Å². The van der Waals surface area contributed by atoms with Crippen molar-refractivity contribution in [3.05, 3.63) is 53.9 Å². The van der Waals surface area contributed by atoms with Crippen LogP contribution in [0.5, 0.6) is 0 Å². The lowest BCUT2D eigenvalue weighted by atomic mass is 9.68. The highest BCUT2D eigenvalue weighted by molar-refractivity contribution is 5.92. The van der Waals surface area contributed by atoms with Gasteiger partial charge in [-0.1, -0.05) is 42.4 Å². The largest absolute Gasteiger partial charge is 0.364 e. The summed E-state index contributed by atoms with van der Waals surface area (Å²) >= 11 is 0. The third-order valence-corrected chi connectivity index (χ3v) is 6.20. The van der Waals surface area contributed by atoms with Gasteiger partial charge in [0.2, 0.25) is 0 Å². The number of benzene rings is 1. The molecule has 2 aliphatic heterocycles. The van der Waals surface area contributed by atoms with Crippen LogP contribution in [0, 0.1) is 5.41 Å². The first-order valence-electron chi connectivity index (χ1n) is 9.66. The molecule has 0 unspecified atom stereocenters. The summed E-state index contributed by atoms with van der Waals surface area (Å²) in [5, 5.41) is 3.80. The van der Waals surface area contributed by atoms with Crippen LogP contribution in [0.25, 0.3) is 0 Å². The van der Waals surface area contributed by atoms with Crippen molar-refractivity contribution in [2.75, 3.05) is 32.7 Å². The van der Waals surface area contributed by atoms with Crippen LogP contribution in [0.15, 0.2) is 47.2 Å². The standard InChI is InChI=1S/C21H27N3O2/c1-2-23-15-18(17-6-4-3-5-7-17)14-21(16-23)9-11-24(12-10-21)20(25)19-8-13-26-22-19/h3-8,13,18H,2,9-12,14-16H2,1H3/t18-/m1/s1. The Balaban J connectivity index is 1.47. The molecule has 1 spiro atoms. The molecule has 138 valence electrons. The van der Waals surface area contributed by atoms with Gasteiger partial charge in [0.1, 0.15) is 6.26 Å². The molecule has 3 heterocycles. The van der Waals surface area contributed by atoms with E-state index >= 15 is 0 Å². The highest BCUT2D eigenvalue weighted by Gasteiger charge is 2.42. The van der Waals surface area contributed by atoms with Gasteiger partial charge in [0.25, 0.3) is 5.91 Å². The van der Waals surface area contributed by atoms with E-state index in [4.69, 9.17) is 4.52 Å². The van der Waals surface area contributed by atoms with E-state index in [9.17, 15) is 4.79 Å². The van der Waals surface area contributed by atoms with Crippen LogP contribution in [-0.4, -0.2) is 53.6 Å². The van der Waals surface area contributed by atoms with Crippen LogP contribution >= 0.6 is 0 Å². The van der Waals surface area contributed by atoms with Gasteiger partial charge < -0.3 is 14.3 Å². The zero-order valence-electron chi connectivity index (χ0n) is 15.4. The fourth-order valence-corrected chi connectivity index (χ4v) is 4.72. The molecule has 0 aliphatic carbocycles. The predicted molar refractivity (Wildman–Crippen MR) is 100.0 cm³/mol. The summed E-state index contributed by atoms with van der Waals surface area (Å²) in [6.45, 7) is 7.26. The van der Waals surface area contributed by atoms with Crippen molar-refractivity contribution in [3.8, 4) is 0 Å². The first kappa shape index (κ1) is 17.3. The second-order valence-corrected chi connectivity index (χ2v) is 7.82. The molecule has 2 fully saturated rings. The van der Waals surface area contributed by atoms with Crippen molar-refractivity contribution in [3.63, 3.8) is 0 Å². The Morgan fingerprint density at radius 2 is 2.00 bits per heavy atom. The van der Waals surface area contributed by atoms with Crippen LogP contribution in [0.3, 0.4) is 0 Å². The van der Waals surface area contributed by atoms with Crippen LogP contribution in [0.1, 0.15) is 48.2 Å². The van der Waals surface area contributed by atoms with Gasteiger partial charge >= 0.3 is 0 Å². The molecule has 0 saturated carbocycles. The van der Waals surface area contributed by atoms with Gasteiger partial charge in [0.15, 0.2) is 5.69 Å². The second-order valence-electron chi connectivity index (χ2n) is 7.82. The maximum Gasteiger partial charge on any atom is 0.276 e. The van der Waals surface area contributed by atoms with Crippen molar-refractivity contribution in [2.45, 2.75) is 32.1 Å². The predicted octanol–water partition coefficient (Wildman–Crippen LogP) is 3.41. The molecule has 1 aromatic heterocycles. The first-order chi connectivity index (χ1) is 12.7. The lowest BCUT2D eigenvalue weighted by molar-refractivity contribution is 0.0155. The zero-order valence-corrected chi connectivity index (χ0v) is 15.4. The molecule has 1 atom stereocenters. The van der Waals surface area contributed by atoms with Crippen molar-refractivity contribution in [2.24, 2.45) is 5.41 Å². The third-order valence-electron chi connectivity index (χ3n) is 6.20. The minimum Gasteiger partial charge on any atom is -0.364 e. The monoisotopic (exact) mass is 353 g/mol. The smallest absolute Gasteiger partial charge is 0.276 e. The van der Waals surface area contributed by atoms with Crippen LogP contribution in [0.2, 0.25) is 0 Å².